The second-order valence-corrected chi connectivity index (χ2v) is 8.59. The van der Waals surface area contributed by atoms with Crippen LogP contribution in [-0.2, 0) is 23.4 Å². The lowest BCUT2D eigenvalue weighted by Gasteiger charge is -2.04. The Morgan fingerprint density at radius 3 is 2.11 bits per heavy atom. The number of rotatable bonds is 9. The molecule has 2 aromatic carbocycles. The lowest BCUT2D eigenvalue weighted by Crippen LogP contribution is -2.38. The van der Waals surface area contributed by atoms with Gasteiger partial charge in [0, 0.05) is 24.3 Å². The standard InChI is InChI=1S/C21H20Cl2N5O2.H2O4S/c22-19-14-18(28(29)30)15-20(23)21(19)26-25-17-6-4-16(5-7-17)8-9-24-10-13-27-11-2-1-3-12-27;1-5(2,3)4/h1-7,11-12,14-15,24H,8-10,13H2;(H2,1,2,3,4)/q+1;/p-1. The lowest BCUT2D eigenvalue weighted by atomic mass is 10.1. The van der Waals surface area contributed by atoms with Gasteiger partial charge in [0.25, 0.3) is 5.69 Å². The van der Waals surface area contributed by atoms with E-state index >= 15 is 0 Å². The summed E-state index contributed by atoms with van der Waals surface area (Å²) in [6.07, 6.45) is 4.99. The summed E-state index contributed by atoms with van der Waals surface area (Å²) in [5.74, 6) is 0. The molecular formula is C21H21Cl2N5O6S. The van der Waals surface area contributed by atoms with E-state index in [1.54, 1.807) is 0 Å². The van der Waals surface area contributed by atoms with Crippen LogP contribution in [0.2, 0.25) is 10.0 Å². The molecule has 0 atom stereocenters. The normalized spacial score (nSPS) is 11.2. The highest BCUT2D eigenvalue weighted by molar-refractivity contribution is 7.79. The van der Waals surface area contributed by atoms with E-state index in [1.165, 1.54) is 17.7 Å². The molecule has 0 unspecified atom stereocenters. The van der Waals surface area contributed by atoms with E-state index < -0.39 is 15.3 Å². The van der Waals surface area contributed by atoms with E-state index in [2.05, 4.69) is 20.1 Å². The fourth-order valence-electron chi connectivity index (χ4n) is 2.74. The zero-order chi connectivity index (χ0) is 25.8. The summed E-state index contributed by atoms with van der Waals surface area (Å²) in [5, 5.41) is 22.6. The summed E-state index contributed by atoms with van der Waals surface area (Å²) in [4.78, 5) is 10.3. The van der Waals surface area contributed by atoms with Gasteiger partial charge in [-0.15, -0.1) is 5.11 Å². The summed E-state index contributed by atoms with van der Waals surface area (Å²) in [6.45, 7) is 2.70. The smallest absolute Gasteiger partial charge is 0.272 e. The quantitative estimate of drug-likeness (QED) is 0.0768. The zero-order valence-corrected chi connectivity index (χ0v) is 20.4. The molecule has 1 heterocycles. The van der Waals surface area contributed by atoms with E-state index in [4.69, 9.17) is 40.7 Å². The van der Waals surface area contributed by atoms with Crippen molar-refractivity contribution >= 4 is 50.7 Å². The van der Waals surface area contributed by atoms with E-state index in [1.807, 2.05) is 54.9 Å². The van der Waals surface area contributed by atoms with Crippen molar-refractivity contribution in [3.8, 4) is 0 Å². The Balaban J connectivity index is 0.000000784. The molecule has 0 bridgehead atoms. The van der Waals surface area contributed by atoms with Crippen LogP contribution in [0.1, 0.15) is 5.56 Å². The van der Waals surface area contributed by atoms with E-state index in [9.17, 15) is 10.1 Å². The Kier molecular flexibility index (Phi) is 11.1. The van der Waals surface area contributed by atoms with Gasteiger partial charge in [-0.2, -0.15) is 5.11 Å². The summed E-state index contributed by atoms with van der Waals surface area (Å²) in [6, 6.07) is 16.1. The number of aromatic nitrogens is 1. The number of non-ortho nitro benzene ring substituents is 1. The van der Waals surface area contributed by atoms with Gasteiger partial charge in [-0.3, -0.25) is 14.7 Å². The van der Waals surface area contributed by atoms with Crippen LogP contribution in [0.5, 0.6) is 0 Å². The monoisotopic (exact) mass is 541 g/mol. The topological polar surface area (TPSA) is 161 Å². The average Bonchev–Trinajstić information content (AvgIpc) is 2.78. The van der Waals surface area contributed by atoms with Crippen LogP contribution in [0.3, 0.4) is 0 Å². The second kappa shape index (κ2) is 13.8. The molecule has 14 heteroatoms. The molecule has 186 valence electrons. The summed E-state index contributed by atoms with van der Waals surface area (Å²) in [7, 11) is -4.92. The van der Waals surface area contributed by atoms with Gasteiger partial charge in [0.1, 0.15) is 5.69 Å². The number of halogens is 2. The molecule has 0 radical (unpaired) electrons. The molecule has 1 aromatic heterocycles. The van der Waals surface area contributed by atoms with Gasteiger partial charge in [0.2, 0.25) is 10.4 Å². The fourth-order valence-corrected chi connectivity index (χ4v) is 3.29. The van der Waals surface area contributed by atoms with E-state index in [0.29, 0.717) is 5.69 Å². The Morgan fingerprint density at radius 2 is 1.57 bits per heavy atom. The number of hydrogen-bond acceptors (Lipinski definition) is 8. The first-order valence-corrected chi connectivity index (χ1v) is 12.1. The third kappa shape index (κ3) is 11.3. The molecule has 35 heavy (non-hydrogen) atoms. The molecule has 3 rings (SSSR count). The molecular weight excluding hydrogens is 521 g/mol. The van der Waals surface area contributed by atoms with Crippen LogP contribution in [0.4, 0.5) is 17.1 Å². The van der Waals surface area contributed by atoms with Crippen molar-refractivity contribution < 1.29 is 27.0 Å². The molecule has 0 fully saturated rings. The maximum atomic E-state index is 10.8. The Morgan fingerprint density at radius 1 is 1.00 bits per heavy atom. The molecule has 0 aliphatic rings. The minimum Gasteiger partial charge on any atom is -0.726 e. The van der Waals surface area contributed by atoms with Crippen LogP contribution in [-0.4, -0.2) is 35.5 Å². The SMILES string of the molecule is O=S(=O)([O-])O.O=[N+]([O-])c1cc(Cl)c(N=Nc2ccc(CCNCC[n+]3ccccc3)cc2)c(Cl)c1. The first kappa shape index (κ1) is 28.2. The predicted octanol–water partition coefficient (Wildman–Crippen LogP) is 4.44. The van der Waals surface area contributed by atoms with Gasteiger partial charge in [-0.25, -0.2) is 13.0 Å². The maximum absolute atomic E-state index is 10.8. The summed E-state index contributed by atoms with van der Waals surface area (Å²) >= 11 is 12.1. The molecule has 0 amide bonds. The minimum atomic E-state index is -4.92. The van der Waals surface area contributed by atoms with Crippen LogP contribution < -0.4 is 9.88 Å². The van der Waals surface area contributed by atoms with Crippen molar-refractivity contribution in [1.29, 1.82) is 0 Å². The summed E-state index contributed by atoms with van der Waals surface area (Å²) in [5.41, 5.74) is 1.83. The van der Waals surface area contributed by atoms with Crippen LogP contribution in [0, 0.1) is 10.1 Å². The number of nitro groups is 1. The molecule has 11 nitrogen and oxygen atoms in total. The predicted molar refractivity (Wildman–Crippen MR) is 129 cm³/mol. The first-order chi connectivity index (χ1) is 16.5. The zero-order valence-electron chi connectivity index (χ0n) is 18.1. The number of pyridine rings is 1. The van der Waals surface area contributed by atoms with Gasteiger partial charge in [-0.05, 0) is 30.7 Å². The van der Waals surface area contributed by atoms with Gasteiger partial charge >= 0.3 is 0 Å². The second-order valence-electron chi connectivity index (χ2n) is 6.92. The van der Waals surface area contributed by atoms with Gasteiger partial charge < -0.3 is 9.87 Å². The van der Waals surface area contributed by atoms with Crippen molar-refractivity contribution in [2.24, 2.45) is 10.2 Å². The Hall–Kier alpha value is -3.00. The van der Waals surface area contributed by atoms with Gasteiger partial charge in [-0.1, -0.05) is 41.4 Å². The van der Waals surface area contributed by atoms with Crippen LogP contribution >= 0.6 is 23.2 Å². The number of nitrogens with one attached hydrogen (secondary N) is 1. The number of nitrogens with zero attached hydrogens (tertiary/aromatic N) is 4. The fraction of sp³-hybridized carbons (Fsp3) is 0.190. The first-order valence-electron chi connectivity index (χ1n) is 10.00. The maximum Gasteiger partial charge on any atom is 0.272 e. The molecule has 0 saturated heterocycles. The number of nitro benzene ring substituents is 1. The van der Waals surface area contributed by atoms with E-state index in [-0.39, 0.29) is 21.4 Å². The lowest BCUT2D eigenvalue weighted by molar-refractivity contribution is -0.695. The largest absolute Gasteiger partial charge is 0.726 e. The van der Waals surface area contributed by atoms with E-state index in [0.717, 1.165) is 26.1 Å². The van der Waals surface area contributed by atoms with Gasteiger partial charge in [0.05, 0.1) is 27.2 Å². The molecule has 0 aliphatic carbocycles. The highest BCUT2D eigenvalue weighted by atomic mass is 35.5. The number of benzene rings is 2. The van der Waals surface area contributed by atoms with Crippen molar-refractivity contribution in [1.82, 2.24) is 5.32 Å². The molecule has 3 aromatic rings. The Bertz CT molecular complexity index is 1230. The van der Waals surface area contributed by atoms with Crippen LogP contribution in [0.15, 0.2) is 77.2 Å². The Labute approximate surface area is 211 Å². The highest BCUT2D eigenvalue weighted by Gasteiger charge is 2.14. The minimum absolute atomic E-state index is 0.0781. The van der Waals surface area contributed by atoms with Crippen molar-refractivity contribution in [2.45, 2.75) is 13.0 Å². The van der Waals surface area contributed by atoms with Crippen LogP contribution in [0.25, 0.3) is 0 Å². The van der Waals surface area contributed by atoms with Crippen molar-refractivity contribution in [2.75, 3.05) is 13.1 Å². The van der Waals surface area contributed by atoms with Gasteiger partial charge in [0.15, 0.2) is 18.9 Å². The third-order valence-electron chi connectivity index (χ3n) is 4.33. The number of azo groups is 1. The highest BCUT2D eigenvalue weighted by Crippen LogP contribution is 2.37. The van der Waals surface area contributed by atoms with Crippen molar-refractivity contribution in [3.63, 3.8) is 0 Å². The summed E-state index contributed by atoms with van der Waals surface area (Å²) < 4.78 is 35.0. The average molecular weight is 542 g/mol. The molecule has 0 aliphatic heterocycles. The van der Waals surface area contributed by atoms with Crippen molar-refractivity contribution in [3.05, 3.63) is 92.7 Å². The molecule has 2 N–H and O–H groups in total. The molecule has 0 saturated carbocycles. The molecule has 0 spiro atoms. The third-order valence-corrected chi connectivity index (χ3v) is 4.91. The number of hydrogen-bond donors (Lipinski definition) is 2.